The largest absolute Gasteiger partial charge is 0.393 e. The second kappa shape index (κ2) is 6.37. The highest BCUT2D eigenvalue weighted by Gasteiger charge is 2.57. The number of nitrogens with one attached hydrogen (secondary N) is 2. The van der Waals surface area contributed by atoms with Crippen molar-refractivity contribution in [3.05, 3.63) is 24.3 Å². The highest BCUT2D eigenvalue weighted by atomic mass is 16.3. The molecule has 130 valence electrons. The van der Waals surface area contributed by atoms with Gasteiger partial charge < -0.3 is 20.6 Å². The van der Waals surface area contributed by atoms with Gasteiger partial charge in [0.05, 0.1) is 17.5 Å². The molecular formula is C19H27N3O2. The van der Waals surface area contributed by atoms with Crippen molar-refractivity contribution in [1.82, 2.24) is 5.32 Å². The number of para-hydroxylation sites is 2. The van der Waals surface area contributed by atoms with E-state index < -0.39 is 0 Å². The van der Waals surface area contributed by atoms with Gasteiger partial charge >= 0.3 is 0 Å². The van der Waals surface area contributed by atoms with Crippen LogP contribution in [-0.2, 0) is 4.79 Å². The first-order valence-corrected chi connectivity index (χ1v) is 9.22. The fraction of sp³-hybridized carbons (Fsp3) is 0.632. The van der Waals surface area contributed by atoms with E-state index >= 15 is 0 Å². The first-order chi connectivity index (χ1) is 11.7. The molecule has 1 saturated carbocycles. The third-order valence-electron chi connectivity index (χ3n) is 6.07. The molecule has 3 N–H and O–H groups in total. The van der Waals surface area contributed by atoms with Gasteiger partial charge in [-0.25, -0.2) is 0 Å². The van der Waals surface area contributed by atoms with Gasteiger partial charge in [-0.3, -0.25) is 4.79 Å². The molecule has 0 aromatic heterocycles. The fourth-order valence-electron chi connectivity index (χ4n) is 4.38. The molecule has 0 bridgehead atoms. The van der Waals surface area contributed by atoms with Crippen LogP contribution in [-0.4, -0.2) is 43.3 Å². The number of anilines is 2. The molecule has 1 aromatic carbocycles. The summed E-state index contributed by atoms with van der Waals surface area (Å²) in [5.41, 5.74) is 2.26. The van der Waals surface area contributed by atoms with E-state index in [2.05, 4.69) is 21.6 Å². The molecule has 4 rings (SSSR count). The summed E-state index contributed by atoms with van der Waals surface area (Å²) >= 11 is 0. The number of rotatable bonds is 3. The maximum Gasteiger partial charge on any atom is 0.228 e. The van der Waals surface area contributed by atoms with Gasteiger partial charge in [0.1, 0.15) is 0 Å². The van der Waals surface area contributed by atoms with E-state index in [9.17, 15) is 9.90 Å². The molecule has 1 aromatic rings. The Hall–Kier alpha value is -1.59. The molecule has 1 amide bonds. The van der Waals surface area contributed by atoms with Crippen LogP contribution in [0.3, 0.4) is 0 Å². The summed E-state index contributed by atoms with van der Waals surface area (Å²) < 4.78 is 0. The van der Waals surface area contributed by atoms with Crippen molar-refractivity contribution in [3.8, 4) is 0 Å². The molecule has 1 aliphatic carbocycles. The lowest BCUT2D eigenvalue weighted by Crippen LogP contribution is -2.36. The van der Waals surface area contributed by atoms with Crippen LogP contribution >= 0.6 is 0 Å². The Morgan fingerprint density at radius 1 is 1.21 bits per heavy atom. The van der Waals surface area contributed by atoms with E-state index in [1.54, 1.807) is 0 Å². The number of benzene rings is 1. The smallest absolute Gasteiger partial charge is 0.228 e. The number of hydrogen-bond acceptors (Lipinski definition) is 4. The molecule has 1 atom stereocenters. The summed E-state index contributed by atoms with van der Waals surface area (Å²) in [5, 5.41) is 16.3. The monoisotopic (exact) mass is 329 g/mol. The minimum Gasteiger partial charge on any atom is -0.393 e. The van der Waals surface area contributed by atoms with Crippen LogP contribution in [0.15, 0.2) is 24.3 Å². The molecule has 24 heavy (non-hydrogen) atoms. The zero-order chi connectivity index (χ0) is 16.6. The van der Waals surface area contributed by atoms with Crippen molar-refractivity contribution < 1.29 is 9.90 Å². The molecular weight excluding hydrogens is 302 g/mol. The van der Waals surface area contributed by atoms with Gasteiger partial charge in [-0.05, 0) is 62.7 Å². The number of aliphatic hydroxyl groups excluding tert-OH is 1. The first kappa shape index (κ1) is 15.9. The lowest BCUT2D eigenvalue weighted by atomic mass is 9.92. The Morgan fingerprint density at radius 3 is 2.67 bits per heavy atom. The van der Waals surface area contributed by atoms with Crippen LogP contribution in [0.1, 0.15) is 32.1 Å². The zero-order valence-corrected chi connectivity index (χ0v) is 14.1. The topological polar surface area (TPSA) is 64.6 Å². The highest BCUT2D eigenvalue weighted by Crippen LogP contribution is 2.58. The average molecular weight is 329 g/mol. The average Bonchev–Trinajstić information content (AvgIpc) is 3.30. The Morgan fingerprint density at radius 2 is 1.92 bits per heavy atom. The predicted molar refractivity (Wildman–Crippen MR) is 95.2 cm³/mol. The summed E-state index contributed by atoms with van der Waals surface area (Å²) in [4.78, 5) is 15.0. The van der Waals surface area contributed by atoms with Crippen molar-refractivity contribution in [3.63, 3.8) is 0 Å². The molecule has 0 radical (unpaired) electrons. The third-order valence-corrected chi connectivity index (χ3v) is 6.07. The number of amides is 1. The Bertz CT molecular complexity index is 604. The number of carbonyl (C=O) groups is 1. The van der Waals surface area contributed by atoms with E-state index in [0.29, 0.717) is 0 Å². The molecule has 3 fully saturated rings. The second-order valence-electron chi connectivity index (χ2n) is 7.59. The Kier molecular flexibility index (Phi) is 4.22. The first-order valence-electron chi connectivity index (χ1n) is 9.22. The molecule has 3 aliphatic rings. The minimum atomic E-state index is -0.186. The van der Waals surface area contributed by atoms with Gasteiger partial charge in [0.2, 0.25) is 5.91 Å². The van der Waals surface area contributed by atoms with Gasteiger partial charge in [0.15, 0.2) is 0 Å². The lowest BCUT2D eigenvalue weighted by molar-refractivity contribution is -0.118. The van der Waals surface area contributed by atoms with Crippen molar-refractivity contribution in [1.29, 1.82) is 0 Å². The summed E-state index contributed by atoms with van der Waals surface area (Å²) in [6, 6.07) is 8.06. The Balaban J connectivity index is 1.44. The lowest BCUT2D eigenvalue weighted by Gasteiger charge is -2.33. The van der Waals surface area contributed by atoms with E-state index in [-0.39, 0.29) is 23.3 Å². The predicted octanol–water partition coefficient (Wildman–Crippen LogP) is 1.98. The molecule has 1 unspecified atom stereocenters. The number of hydrogen-bond donors (Lipinski definition) is 3. The van der Waals surface area contributed by atoms with Crippen LogP contribution in [0, 0.1) is 11.3 Å². The van der Waals surface area contributed by atoms with Crippen molar-refractivity contribution >= 4 is 17.3 Å². The van der Waals surface area contributed by atoms with Crippen LogP contribution in [0.5, 0.6) is 0 Å². The van der Waals surface area contributed by atoms with Crippen molar-refractivity contribution in [2.45, 2.75) is 38.2 Å². The van der Waals surface area contributed by atoms with Crippen LogP contribution < -0.4 is 15.5 Å². The number of piperidine rings is 2. The van der Waals surface area contributed by atoms with E-state index in [1.807, 2.05) is 18.2 Å². The van der Waals surface area contributed by atoms with Crippen LogP contribution in [0.25, 0.3) is 0 Å². The van der Waals surface area contributed by atoms with E-state index in [4.69, 9.17) is 0 Å². The molecule has 5 heteroatoms. The second-order valence-corrected chi connectivity index (χ2v) is 7.59. The van der Waals surface area contributed by atoms with Gasteiger partial charge in [0.25, 0.3) is 0 Å². The SMILES string of the molecule is O=C(Nc1ccccc1N1CCC(O)CC1)C1CC12CCNCC2. The standard InChI is InChI=1S/C19H27N3O2/c23-14-5-11-22(12-6-14)17-4-2-1-3-16(17)21-18(24)15-13-19(15)7-9-20-10-8-19/h1-4,14-15,20,23H,5-13H2,(H,21,24). The van der Waals surface area contributed by atoms with Gasteiger partial charge in [-0.15, -0.1) is 0 Å². The number of nitrogens with zero attached hydrogens (tertiary/aromatic N) is 1. The van der Waals surface area contributed by atoms with Gasteiger partial charge in [0, 0.05) is 19.0 Å². The Labute approximate surface area is 143 Å². The summed E-state index contributed by atoms with van der Waals surface area (Å²) in [7, 11) is 0. The molecule has 2 aliphatic heterocycles. The molecule has 5 nitrogen and oxygen atoms in total. The summed E-state index contributed by atoms with van der Waals surface area (Å²) in [6.45, 7) is 3.76. The van der Waals surface area contributed by atoms with Gasteiger partial charge in [-0.1, -0.05) is 12.1 Å². The quantitative estimate of drug-likeness (QED) is 0.793. The highest BCUT2D eigenvalue weighted by molar-refractivity contribution is 5.98. The summed E-state index contributed by atoms with van der Waals surface area (Å²) in [5.74, 6) is 0.359. The number of carbonyl (C=O) groups excluding carboxylic acids is 1. The molecule has 1 spiro atoms. The molecule has 2 saturated heterocycles. The third kappa shape index (κ3) is 3.03. The van der Waals surface area contributed by atoms with E-state index in [1.165, 1.54) is 0 Å². The maximum absolute atomic E-state index is 12.7. The van der Waals surface area contributed by atoms with Crippen LogP contribution in [0.4, 0.5) is 11.4 Å². The number of aliphatic hydroxyl groups is 1. The zero-order valence-electron chi connectivity index (χ0n) is 14.1. The molecule has 2 heterocycles. The normalized spacial score (nSPS) is 26.4. The maximum atomic E-state index is 12.7. The van der Waals surface area contributed by atoms with Crippen molar-refractivity contribution in [2.24, 2.45) is 11.3 Å². The van der Waals surface area contributed by atoms with Gasteiger partial charge in [-0.2, -0.15) is 0 Å². The fourth-order valence-corrected chi connectivity index (χ4v) is 4.38. The van der Waals surface area contributed by atoms with Crippen LogP contribution in [0.2, 0.25) is 0 Å². The minimum absolute atomic E-state index is 0.177. The van der Waals surface area contributed by atoms with E-state index in [0.717, 1.165) is 69.7 Å². The summed E-state index contributed by atoms with van der Waals surface area (Å²) in [6.07, 6.45) is 4.68. The van der Waals surface area contributed by atoms with Crippen molar-refractivity contribution in [2.75, 3.05) is 36.4 Å².